The number of carbonyl (C=O) groups excluding carboxylic acids is 1. The van der Waals surface area contributed by atoms with E-state index < -0.39 is 9.84 Å². The molecule has 0 unspecified atom stereocenters. The Labute approximate surface area is 244 Å². The van der Waals surface area contributed by atoms with Gasteiger partial charge in [-0.15, -0.1) is 11.3 Å². The van der Waals surface area contributed by atoms with Gasteiger partial charge in [-0.2, -0.15) is 0 Å². The number of carbonyl (C=O) groups is 1. The maximum atomic E-state index is 14.2. The van der Waals surface area contributed by atoms with Crippen molar-refractivity contribution in [2.24, 2.45) is 0 Å². The van der Waals surface area contributed by atoms with Crippen LogP contribution in [0.15, 0.2) is 71.6 Å². The molecular weight excluding hydrogens is 564 g/mol. The lowest BCUT2D eigenvalue weighted by Gasteiger charge is -2.37. The summed E-state index contributed by atoms with van der Waals surface area (Å²) in [5.74, 6) is 0.629. The van der Waals surface area contributed by atoms with Crippen LogP contribution in [0.25, 0.3) is 21.2 Å². The van der Waals surface area contributed by atoms with Gasteiger partial charge in [-0.3, -0.25) is 4.79 Å². The van der Waals surface area contributed by atoms with E-state index in [1.807, 2.05) is 54.4 Å². The molecule has 5 rings (SSSR count). The van der Waals surface area contributed by atoms with Crippen LogP contribution >= 0.6 is 22.9 Å². The molecule has 4 aromatic rings. The van der Waals surface area contributed by atoms with E-state index in [0.29, 0.717) is 28.2 Å². The molecule has 0 radical (unpaired) electrons. The van der Waals surface area contributed by atoms with Gasteiger partial charge < -0.3 is 15.0 Å². The zero-order valence-electron chi connectivity index (χ0n) is 22.8. The Balaban J connectivity index is 1.52. The van der Waals surface area contributed by atoms with E-state index in [2.05, 4.69) is 5.32 Å². The van der Waals surface area contributed by atoms with E-state index in [-0.39, 0.29) is 16.8 Å². The van der Waals surface area contributed by atoms with Crippen LogP contribution in [0.1, 0.15) is 40.9 Å². The summed E-state index contributed by atoms with van der Waals surface area (Å²) in [7, 11) is 0.339. The lowest BCUT2D eigenvalue weighted by Crippen LogP contribution is -2.44. The summed E-state index contributed by atoms with van der Waals surface area (Å²) in [4.78, 5) is 17.0. The maximum absolute atomic E-state index is 14.2. The lowest BCUT2D eigenvalue weighted by atomic mass is 9.89. The molecule has 1 heterocycles. The first kappa shape index (κ1) is 28.6. The van der Waals surface area contributed by atoms with E-state index in [4.69, 9.17) is 16.3 Å². The zero-order valence-corrected chi connectivity index (χ0v) is 25.2. The van der Waals surface area contributed by atoms with E-state index in [0.717, 1.165) is 52.5 Å². The highest BCUT2D eigenvalue weighted by Crippen LogP contribution is 2.38. The standard InChI is InChI=1S/C31H33ClN2O4S2/c1-33-23-11-13-24(14-12-23)34(31(35)30-29(32)26-6-4-5-7-28(26)39-30)19-22-18-21(10-17-27(22)38-2)20-8-15-25(16-9-20)40(3,36)37/h4-10,15-18,23-24,33H,11-14,19H2,1-3H3. The van der Waals surface area contributed by atoms with Crippen molar-refractivity contribution >= 4 is 48.8 Å². The summed E-state index contributed by atoms with van der Waals surface area (Å²) in [5.41, 5.74) is 2.69. The number of methoxy groups -OCH3 is 1. The van der Waals surface area contributed by atoms with Crippen LogP contribution in [-0.2, 0) is 16.4 Å². The number of halogens is 1. The van der Waals surface area contributed by atoms with Gasteiger partial charge in [0, 0.05) is 40.5 Å². The molecule has 1 N–H and O–H groups in total. The van der Waals surface area contributed by atoms with E-state index in [1.54, 1.807) is 31.4 Å². The van der Waals surface area contributed by atoms with Crippen LogP contribution in [0, 0.1) is 0 Å². The van der Waals surface area contributed by atoms with Crippen LogP contribution < -0.4 is 10.1 Å². The van der Waals surface area contributed by atoms with Gasteiger partial charge in [0.2, 0.25) is 0 Å². The number of hydrogen-bond donors (Lipinski definition) is 1. The van der Waals surface area contributed by atoms with E-state index in [9.17, 15) is 13.2 Å². The highest BCUT2D eigenvalue weighted by Gasteiger charge is 2.32. The van der Waals surface area contributed by atoms with Crippen molar-refractivity contribution in [3.63, 3.8) is 0 Å². The molecule has 1 saturated carbocycles. The Morgan fingerprint density at radius 1 is 1.02 bits per heavy atom. The Bertz CT molecular complexity index is 1630. The number of amides is 1. The smallest absolute Gasteiger partial charge is 0.266 e. The fourth-order valence-corrected chi connectivity index (χ4v) is 7.58. The van der Waals surface area contributed by atoms with Crippen molar-refractivity contribution in [1.29, 1.82) is 0 Å². The first-order valence-corrected chi connectivity index (χ1v) is 16.4. The average Bonchev–Trinajstić information content (AvgIpc) is 3.31. The van der Waals surface area contributed by atoms with Gasteiger partial charge in [-0.05, 0) is 74.2 Å². The molecule has 3 aromatic carbocycles. The van der Waals surface area contributed by atoms with Gasteiger partial charge in [0.05, 0.1) is 17.0 Å². The predicted molar refractivity (Wildman–Crippen MR) is 163 cm³/mol. The van der Waals surface area contributed by atoms with Crippen LogP contribution in [0.2, 0.25) is 5.02 Å². The van der Waals surface area contributed by atoms with Crippen LogP contribution in [0.4, 0.5) is 0 Å². The molecule has 0 bridgehead atoms. The molecular formula is C31H33ClN2O4S2. The first-order valence-electron chi connectivity index (χ1n) is 13.3. The summed E-state index contributed by atoms with van der Waals surface area (Å²) in [5, 5.41) is 4.78. The Kier molecular flexibility index (Phi) is 8.52. The number of benzene rings is 3. The largest absolute Gasteiger partial charge is 0.496 e. The number of sulfone groups is 1. The summed E-state index contributed by atoms with van der Waals surface area (Å²) in [6.45, 7) is 0.372. The third-order valence-corrected chi connectivity index (χ3v) is 10.6. The number of hydrogen-bond acceptors (Lipinski definition) is 6. The Morgan fingerprint density at radius 2 is 1.70 bits per heavy atom. The van der Waals surface area contributed by atoms with Crippen molar-refractivity contribution in [3.8, 4) is 16.9 Å². The third-order valence-electron chi connectivity index (χ3n) is 7.77. The monoisotopic (exact) mass is 596 g/mol. The molecule has 0 aliphatic heterocycles. The van der Waals surface area contributed by atoms with Gasteiger partial charge in [0.15, 0.2) is 9.84 Å². The Morgan fingerprint density at radius 3 is 2.33 bits per heavy atom. The fourth-order valence-electron chi connectivity index (χ4n) is 5.48. The van der Waals surface area contributed by atoms with Crippen LogP contribution in [0.3, 0.4) is 0 Å². The fraction of sp³-hybridized carbons (Fsp3) is 0.323. The number of nitrogens with zero attached hydrogens (tertiary/aromatic N) is 1. The van der Waals surface area contributed by atoms with Crippen molar-refractivity contribution in [1.82, 2.24) is 10.2 Å². The molecule has 1 aliphatic rings. The molecule has 9 heteroatoms. The molecule has 6 nitrogen and oxygen atoms in total. The predicted octanol–water partition coefficient (Wildman–Crippen LogP) is 6.81. The minimum Gasteiger partial charge on any atom is -0.496 e. The van der Waals surface area contributed by atoms with Crippen molar-refractivity contribution in [2.45, 2.75) is 49.2 Å². The number of nitrogens with one attached hydrogen (secondary N) is 1. The topological polar surface area (TPSA) is 75.7 Å². The third kappa shape index (κ3) is 5.91. The molecule has 1 amide bonds. The highest BCUT2D eigenvalue weighted by molar-refractivity contribution is 7.90. The van der Waals surface area contributed by atoms with Gasteiger partial charge in [0.25, 0.3) is 5.91 Å². The second-order valence-electron chi connectivity index (χ2n) is 10.3. The van der Waals surface area contributed by atoms with Crippen LogP contribution in [-0.4, -0.2) is 51.7 Å². The number of fused-ring (bicyclic) bond motifs is 1. The molecule has 0 atom stereocenters. The molecule has 40 heavy (non-hydrogen) atoms. The first-order chi connectivity index (χ1) is 19.2. The molecule has 0 saturated heterocycles. The second-order valence-corrected chi connectivity index (χ2v) is 13.7. The Hall–Kier alpha value is -2.91. The molecule has 0 spiro atoms. The molecule has 1 aliphatic carbocycles. The van der Waals surface area contributed by atoms with Gasteiger partial charge in [-0.25, -0.2) is 8.42 Å². The van der Waals surface area contributed by atoms with Gasteiger partial charge in [0.1, 0.15) is 10.6 Å². The summed E-state index contributed by atoms with van der Waals surface area (Å²) < 4.78 is 30.6. The lowest BCUT2D eigenvalue weighted by molar-refractivity contribution is 0.0604. The van der Waals surface area contributed by atoms with Crippen molar-refractivity contribution in [2.75, 3.05) is 20.4 Å². The SMILES string of the molecule is CNC1CCC(N(Cc2cc(-c3ccc(S(C)(=O)=O)cc3)ccc2OC)C(=O)c2sc3ccccc3c2Cl)CC1. The highest BCUT2D eigenvalue weighted by atomic mass is 35.5. The molecule has 210 valence electrons. The van der Waals surface area contributed by atoms with Crippen LogP contribution in [0.5, 0.6) is 5.75 Å². The average molecular weight is 597 g/mol. The van der Waals surface area contributed by atoms with Gasteiger partial charge >= 0.3 is 0 Å². The molecule has 1 fully saturated rings. The summed E-state index contributed by atoms with van der Waals surface area (Å²) >= 11 is 8.21. The number of thiophene rings is 1. The normalized spacial score (nSPS) is 17.6. The zero-order chi connectivity index (χ0) is 28.4. The maximum Gasteiger partial charge on any atom is 0.266 e. The van der Waals surface area contributed by atoms with E-state index >= 15 is 0 Å². The quantitative estimate of drug-likeness (QED) is 0.242. The second kappa shape index (κ2) is 11.9. The van der Waals surface area contributed by atoms with Gasteiger partial charge in [-0.1, -0.05) is 48.0 Å². The van der Waals surface area contributed by atoms with Crippen molar-refractivity contribution in [3.05, 3.63) is 82.2 Å². The molecule has 1 aromatic heterocycles. The number of rotatable bonds is 8. The number of ether oxygens (including phenoxy) is 1. The van der Waals surface area contributed by atoms with E-state index in [1.165, 1.54) is 17.6 Å². The summed E-state index contributed by atoms with van der Waals surface area (Å²) in [6.07, 6.45) is 4.99. The minimum absolute atomic E-state index is 0.0657. The van der Waals surface area contributed by atoms with Crippen molar-refractivity contribution < 1.29 is 17.9 Å². The minimum atomic E-state index is -3.28. The summed E-state index contributed by atoms with van der Waals surface area (Å²) in [6, 6.07) is 21.1.